The van der Waals surface area contributed by atoms with Gasteiger partial charge in [0.2, 0.25) is 0 Å². The molecular weight excluding hydrogens is 112 g/mol. The van der Waals surface area contributed by atoms with E-state index in [1.807, 2.05) is 12.2 Å². The van der Waals surface area contributed by atoms with Gasteiger partial charge >= 0.3 is 0 Å². The van der Waals surface area contributed by atoms with Gasteiger partial charge in [0.1, 0.15) is 0 Å². The minimum Gasteiger partial charge on any atom is -0.158 e. The molecule has 0 aromatic heterocycles. The van der Waals surface area contributed by atoms with E-state index in [1.165, 1.54) is 0 Å². The number of nitrogens with zero attached hydrogens (tertiary/aromatic N) is 2. The maximum absolute atomic E-state index is 3.92. The van der Waals surface area contributed by atoms with Gasteiger partial charge in [-0.2, -0.15) is 10.2 Å². The van der Waals surface area contributed by atoms with Crippen LogP contribution in [0, 0.1) is 0 Å². The summed E-state index contributed by atoms with van der Waals surface area (Å²) < 4.78 is 0. The van der Waals surface area contributed by atoms with Crippen molar-refractivity contribution < 1.29 is 0 Å². The molecular formula is C7H6N2. The summed E-state index contributed by atoms with van der Waals surface area (Å²) in [6.45, 7) is 0. The quantitative estimate of drug-likeness (QED) is 0.458. The Morgan fingerprint density at radius 3 is 3.33 bits per heavy atom. The zero-order valence-electron chi connectivity index (χ0n) is 4.91. The molecule has 0 spiro atoms. The highest BCUT2D eigenvalue weighted by molar-refractivity contribution is 6.19. The molecule has 1 aliphatic heterocycles. The van der Waals surface area contributed by atoms with Gasteiger partial charge in [-0.1, -0.05) is 18.2 Å². The van der Waals surface area contributed by atoms with E-state index >= 15 is 0 Å². The Kier molecular flexibility index (Phi) is 0.859. The lowest BCUT2D eigenvalue weighted by Crippen LogP contribution is -2.00. The second-order valence-corrected chi connectivity index (χ2v) is 2.05. The second kappa shape index (κ2) is 1.65. The summed E-state index contributed by atoms with van der Waals surface area (Å²) in [5.41, 5.74) is 2.26. The van der Waals surface area contributed by atoms with Crippen LogP contribution in [0.25, 0.3) is 0 Å². The number of fused-ring (bicyclic) bond motifs is 1. The van der Waals surface area contributed by atoms with E-state index in [0.29, 0.717) is 0 Å². The molecule has 0 aromatic rings. The zero-order chi connectivity index (χ0) is 6.10. The molecule has 0 bridgehead atoms. The van der Waals surface area contributed by atoms with Gasteiger partial charge in [0.05, 0.1) is 11.9 Å². The fourth-order valence-electron chi connectivity index (χ4n) is 0.942. The Bertz CT molecular complexity index is 244. The third-order valence-electron chi connectivity index (χ3n) is 1.43. The fourth-order valence-corrected chi connectivity index (χ4v) is 0.942. The summed E-state index contributed by atoms with van der Waals surface area (Å²) in [7, 11) is 0. The van der Waals surface area contributed by atoms with Crippen LogP contribution in [0.2, 0.25) is 0 Å². The topological polar surface area (TPSA) is 24.7 Å². The van der Waals surface area contributed by atoms with Crippen molar-refractivity contribution in [1.82, 2.24) is 0 Å². The number of hydrogen-bond acceptors (Lipinski definition) is 2. The molecule has 9 heavy (non-hydrogen) atoms. The van der Waals surface area contributed by atoms with Gasteiger partial charge in [-0.3, -0.25) is 0 Å². The van der Waals surface area contributed by atoms with Crippen LogP contribution < -0.4 is 0 Å². The van der Waals surface area contributed by atoms with Crippen LogP contribution in [0.4, 0.5) is 0 Å². The molecule has 2 aliphatic rings. The lowest BCUT2D eigenvalue weighted by atomic mass is 10.1. The van der Waals surface area contributed by atoms with Gasteiger partial charge < -0.3 is 0 Å². The molecule has 1 aliphatic carbocycles. The first-order valence-electron chi connectivity index (χ1n) is 2.94. The SMILES string of the molecule is C1=CCC2=NN=CC2=C1. The molecule has 2 heteroatoms. The van der Waals surface area contributed by atoms with E-state index in [2.05, 4.69) is 16.3 Å². The fraction of sp³-hybridized carbons (Fsp3) is 0.143. The maximum atomic E-state index is 3.92. The highest BCUT2D eigenvalue weighted by Crippen LogP contribution is 2.11. The van der Waals surface area contributed by atoms with Crippen LogP contribution in [0.3, 0.4) is 0 Å². The van der Waals surface area contributed by atoms with E-state index in [-0.39, 0.29) is 0 Å². The van der Waals surface area contributed by atoms with E-state index in [1.54, 1.807) is 6.21 Å². The van der Waals surface area contributed by atoms with Crippen LogP contribution in [0.5, 0.6) is 0 Å². The first-order valence-corrected chi connectivity index (χ1v) is 2.94. The van der Waals surface area contributed by atoms with Gasteiger partial charge in [-0.25, -0.2) is 0 Å². The van der Waals surface area contributed by atoms with Crippen molar-refractivity contribution >= 4 is 11.9 Å². The average molecular weight is 118 g/mol. The van der Waals surface area contributed by atoms with E-state index in [4.69, 9.17) is 0 Å². The summed E-state index contributed by atoms with van der Waals surface area (Å²) >= 11 is 0. The Morgan fingerprint density at radius 1 is 1.44 bits per heavy atom. The Balaban J connectivity index is 2.46. The number of allylic oxidation sites excluding steroid dienone is 4. The average Bonchev–Trinajstić information content (AvgIpc) is 2.33. The van der Waals surface area contributed by atoms with Crippen molar-refractivity contribution in [3.63, 3.8) is 0 Å². The van der Waals surface area contributed by atoms with Crippen molar-refractivity contribution in [1.29, 1.82) is 0 Å². The highest BCUT2D eigenvalue weighted by Gasteiger charge is 2.09. The Labute approximate surface area is 53.3 Å². The molecule has 0 radical (unpaired) electrons. The van der Waals surface area contributed by atoms with Crippen LogP contribution in [0.15, 0.2) is 34.0 Å². The van der Waals surface area contributed by atoms with Gasteiger partial charge in [0, 0.05) is 12.0 Å². The van der Waals surface area contributed by atoms with Crippen molar-refractivity contribution in [3.8, 4) is 0 Å². The molecule has 0 atom stereocenters. The van der Waals surface area contributed by atoms with Crippen LogP contribution >= 0.6 is 0 Å². The molecule has 0 aromatic carbocycles. The number of hydrogen-bond donors (Lipinski definition) is 0. The largest absolute Gasteiger partial charge is 0.158 e. The predicted octanol–water partition coefficient (Wildman–Crippen LogP) is 1.31. The molecule has 2 rings (SSSR count). The smallest absolute Gasteiger partial charge is 0.0756 e. The molecule has 2 nitrogen and oxygen atoms in total. The Morgan fingerprint density at radius 2 is 2.44 bits per heavy atom. The van der Waals surface area contributed by atoms with Crippen molar-refractivity contribution in [3.05, 3.63) is 23.8 Å². The standard InChI is InChI=1S/C7H6N2/c1-2-4-7-6(3-1)5-8-9-7/h1-3,5H,4H2. The van der Waals surface area contributed by atoms with E-state index < -0.39 is 0 Å². The van der Waals surface area contributed by atoms with Gasteiger partial charge in [-0.05, 0) is 0 Å². The van der Waals surface area contributed by atoms with E-state index in [0.717, 1.165) is 17.7 Å². The summed E-state index contributed by atoms with van der Waals surface area (Å²) in [6.07, 6.45) is 8.87. The molecule has 0 N–H and O–H groups in total. The monoisotopic (exact) mass is 118 g/mol. The van der Waals surface area contributed by atoms with Crippen molar-refractivity contribution in [2.75, 3.05) is 0 Å². The van der Waals surface area contributed by atoms with E-state index in [9.17, 15) is 0 Å². The molecule has 1 heterocycles. The summed E-state index contributed by atoms with van der Waals surface area (Å²) in [4.78, 5) is 0. The minimum absolute atomic E-state index is 0.936. The van der Waals surface area contributed by atoms with Crippen LogP contribution in [-0.4, -0.2) is 11.9 Å². The van der Waals surface area contributed by atoms with Crippen LogP contribution in [0.1, 0.15) is 6.42 Å². The maximum Gasteiger partial charge on any atom is 0.0756 e. The summed E-state index contributed by atoms with van der Waals surface area (Å²) in [6, 6.07) is 0. The summed E-state index contributed by atoms with van der Waals surface area (Å²) in [5, 5.41) is 7.71. The molecule has 0 saturated carbocycles. The summed E-state index contributed by atoms with van der Waals surface area (Å²) in [5.74, 6) is 0. The normalized spacial score (nSPS) is 21.3. The zero-order valence-corrected chi connectivity index (χ0v) is 4.91. The van der Waals surface area contributed by atoms with Gasteiger partial charge in [-0.15, -0.1) is 0 Å². The third kappa shape index (κ3) is 0.633. The van der Waals surface area contributed by atoms with Gasteiger partial charge in [0.15, 0.2) is 0 Å². The van der Waals surface area contributed by atoms with Gasteiger partial charge in [0.25, 0.3) is 0 Å². The first kappa shape index (κ1) is 4.68. The molecule has 0 fully saturated rings. The second-order valence-electron chi connectivity index (χ2n) is 2.05. The molecule has 0 unspecified atom stereocenters. The Hall–Kier alpha value is -1.18. The minimum atomic E-state index is 0.936. The highest BCUT2D eigenvalue weighted by atomic mass is 15.2. The van der Waals surface area contributed by atoms with Crippen molar-refractivity contribution in [2.45, 2.75) is 6.42 Å². The van der Waals surface area contributed by atoms with Crippen LogP contribution in [-0.2, 0) is 0 Å². The lowest BCUT2D eigenvalue weighted by molar-refractivity contribution is 1.25. The predicted molar refractivity (Wildman–Crippen MR) is 37.8 cm³/mol. The molecule has 0 amide bonds. The first-order chi connectivity index (χ1) is 4.47. The third-order valence-corrected chi connectivity index (χ3v) is 1.43. The van der Waals surface area contributed by atoms with Crippen molar-refractivity contribution in [2.24, 2.45) is 10.2 Å². The number of rotatable bonds is 0. The molecule has 0 saturated heterocycles. The molecule has 44 valence electrons. The lowest BCUT2D eigenvalue weighted by Gasteiger charge is -1.99.